The summed E-state index contributed by atoms with van der Waals surface area (Å²) in [6.45, 7) is 0. The highest BCUT2D eigenvalue weighted by Gasteiger charge is 2.35. The molecule has 1 aromatic carbocycles. The number of amides is 1. The zero-order chi connectivity index (χ0) is 14.9. The van der Waals surface area contributed by atoms with Crippen molar-refractivity contribution in [2.45, 2.75) is 6.18 Å². The Labute approximate surface area is 129 Å². The van der Waals surface area contributed by atoms with Gasteiger partial charge in [-0.15, -0.1) is 11.3 Å². The van der Waals surface area contributed by atoms with E-state index in [9.17, 15) is 18.0 Å². The van der Waals surface area contributed by atoms with Gasteiger partial charge in [0.05, 0.1) is 16.3 Å². The number of nitrogens with one attached hydrogen (secondary N) is 1. The lowest BCUT2D eigenvalue weighted by atomic mass is 10.1. The summed E-state index contributed by atoms with van der Waals surface area (Å²) >= 11 is 10.0. The highest BCUT2D eigenvalue weighted by molar-refractivity contribution is 9.10. The number of benzene rings is 1. The van der Waals surface area contributed by atoms with Crippen LogP contribution >= 0.6 is 38.9 Å². The zero-order valence-electron chi connectivity index (χ0n) is 9.59. The summed E-state index contributed by atoms with van der Waals surface area (Å²) in [5.74, 6) is -0.648. The average Bonchev–Trinajstić information content (AvgIpc) is 2.76. The molecule has 1 aromatic heterocycles. The van der Waals surface area contributed by atoms with Crippen molar-refractivity contribution in [1.82, 2.24) is 0 Å². The molecule has 1 heterocycles. The monoisotopic (exact) mass is 383 g/mol. The first-order valence-electron chi connectivity index (χ1n) is 5.20. The summed E-state index contributed by atoms with van der Waals surface area (Å²) < 4.78 is 39.2. The third-order valence-corrected chi connectivity index (χ3v) is 4.53. The highest BCUT2D eigenvalue weighted by Crippen LogP contribution is 2.39. The first-order valence-corrected chi connectivity index (χ1v) is 7.26. The molecule has 0 radical (unpaired) electrons. The van der Waals surface area contributed by atoms with E-state index in [0.29, 0.717) is 4.47 Å². The number of anilines is 1. The number of thiophene rings is 1. The molecule has 1 N–H and O–H groups in total. The van der Waals surface area contributed by atoms with E-state index in [4.69, 9.17) is 11.6 Å². The van der Waals surface area contributed by atoms with Gasteiger partial charge in [-0.05, 0) is 39.5 Å². The lowest BCUT2D eigenvalue weighted by Gasteiger charge is -2.14. The van der Waals surface area contributed by atoms with E-state index in [1.807, 2.05) is 0 Å². The van der Waals surface area contributed by atoms with Gasteiger partial charge in [-0.25, -0.2) is 0 Å². The number of para-hydroxylation sites is 1. The highest BCUT2D eigenvalue weighted by atomic mass is 79.9. The van der Waals surface area contributed by atoms with Crippen LogP contribution in [0.25, 0.3) is 0 Å². The first kappa shape index (κ1) is 15.3. The quantitative estimate of drug-likeness (QED) is 0.734. The molecule has 0 saturated carbocycles. The standard InChI is InChI=1S/C12H6BrClF3NOS/c13-7-4-5-20-10(7)11(19)18-9-6(12(15,16)17)2-1-3-8(9)14/h1-5H,(H,18,19). The predicted molar refractivity (Wildman–Crippen MR) is 76.4 cm³/mol. The van der Waals surface area contributed by atoms with Crippen molar-refractivity contribution in [3.8, 4) is 0 Å². The normalized spacial score (nSPS) is 11.4. The van der Waals surface area contributed by atoms with Crippen LogP contribution < -0.4 is 5.32 Å². The maximum absolute atomic E-state index is 12.9. The number of alkyl halides is 3. The van der Waals surface area contributed by atoms with E-state index in [1.54, 1.807) is 11.4 Å². The van der Waals surface area contributed by atoms with Gasteiger partial charge in [0.2, 0.25) is 0 Å². The van der Waals surface area contributed by atoms with Gasteiger partial charge in [0.1, 0.15) is 4.88 Å². The van der Waals surface area contributed by atoms with E-state index in [-0.39, 0.29) is 9.90 Å². The van der Waals surface area contributed by atoms with Crippen LogP contribution in [0.3, 0.4) is 0 Å². The summed E-state index contributed by atoms with van der Waals surface area (Å²) in [4.78, 5) is 12.2. The first-order chi connectivity index (χ1) is 9.30. The maximum Gasteiger partial charge on any atom is 0.418 e. The molecular formula is C12H6BrClF3NOS. The molecule has 0 saturated heterocycles. The van der Waals surface area contributed by atoms with Crippen molar-refractivity contribution < 1.29 is 18.0 Å². The van der Waals surface area contributed by atoms with Crippen LogP contribution in [0.15, 0.2) is 34.1 Å². The third-order valence-electron chi connectivity index (χ3n) is 2.38. The third kappa shape index (κ3) is 3.16. The summed E-state index contributed by atoms with van der Waals surface area (Å²) in [7, 11) is 0. The molecule has 2 nitrogen and oxygen atoms in total. The molecule has 106 valence electrons. The van der Waals surface area contributed by atoms with Crippen LogP contribution in [0, 0.1) is 0 Å². The summed E-state index contributed by atoms with van der Waals surface area (Å²) in [5.41, 5.74) is -1.42. The van der Waals surface area contributed by atoms with Gasteiger partial charge in [-0.3, -0.25) is 4.79 Å². The number of rotatable bonds is 2. The lowest BCUT2D eigenvalue weighted by Crippen LogP contribution is -2.16. The predicted octanol–water partition coefficient (Wildman–Crippen LogP) is 5.44. The van der Waals surface area contributed by atoms with E-state index in [1.165, 1.54) is 12.1 Å². The fourth-order valence-electron chi connectivity index (χ4n) is 1.51. The zero-order valence-corrected chi connectivity index (χ0v) is 12.8. The fourth-order valence-corrected chi connectivity index (χ4v) is 3.18. The Kier molecular flexibility index (Phi) is 4.41. The number of hydrogen-bond donors (Lipinski definition) is 1. The van der Waals surface area contributed by atoms with Crippen LogP contribution in [0.1, 0.15) is 15.2 Å². The minimum Gasteiger partial charge on any atom is -0.319 e. The van der Waals surface area contributed by atoms with Crippen LogP contribution in [-0.2, 0) is 6.18 Å². The Morgan fingerprint density at radius 3 is 2.55 bits per heavy atom. The smallest absolute Gasteiger partial charge is 0.319 e. The van der Waals surface area contributed by atoms with Gasteiger partial charge in [-0.1, -0.05) is 17.7 Å². The fraction of sp³-hybridized carbons (Fsp3) is 0.0833. The summed E-state index contributed by atoms with van der Waals surface area (Å²) in [6, 6.07) is 4.97. The molecule has 0 aliphatic heterocycles. The van der Waals surface area contributed by atoms with Gasteiger partial charge < -0.3 is 5.32 Å². The molecular weight excluding hydrogens is 379 g/mol. The summed E-state index contributed by atoms with van der Waals surface area (Å²) in [6.07, 6.45) is -4.60. The Hall–Kier alpha value is -1.05. The topological polar surface area (TPSA) is 29.1 Å². The molecule has 2 aromatic rings. The van der Waals surface area contributed by atoms with Gasteiger partial charge in [0.25, 0.3) is 5.91 Å². The molecule has 0 fully saturated rings. The number of carbonyl (C=O) groups excluding carboxylic acids is 1. The Bertz CT molecular complexity index is 656. The molecule has 20 heavy (non-hydrogen) atoms. The minimum absolute atomic E-state index is 0.166. The van der Waals surface area contributed by atoms with E-state index >= 15 is 0 Å². The Balaban J connectivity index is 2.39. The number of halogens is 5. The molecule has 0 unspecified atom stereocenters. The van der Waals surface area contributed by atoms with Crippen molar-refractivity contribution in [2.75, 3.05) is 5.32 Å². The van der Waals surface area contributed by atoms with E-state index in [2.05, 4.69) is 21.2 Å². The van der Waals surface area contributed by atoms with Crippen molar-refractivity contribution in [3.63, 3.8) is 0 Å². The van der Waals surface area contributed by atoms with Crippen molar-refractivity contribution >= 4 is 50.5 Å². The van der Waals surface area contributed by atoms with Gasteiger partial charge in [0, 0.05) is 4.47 Å². The second-order valence-corrected chi connectivity index (χ2v) is 5.89. The molecule has 0 spiro atoms. The molecule has 0 aliphatic carbocycles. The van der Waals surface area contributed by atoms with Crippen LogP contribution in [0.5, 0.6) is 0 Å². The second kappa shape index (κ2) is 5.75. The van der Waals surface area contributed by atoms with Gasteiger partial charge >= 0.3 is 6.18 Å². The van der Waals surface area contributed by atoms with Crippen LogP contribution in [0.4, 0.5) is 18.9 Å². The van der Waals surface area contributed by atoms with Crippen LogP contribution in [-0.4, -0.2) is 5.91 Å². The van der Waals surface area contributed by atoms with Crippen molar-refractivity contribution in [3.05, 3.63) is 49.6 Å². The minimum atomic E-state index is -4.60. The van der Waals surface area contributed by atoms with Crippen molar-refractivity contribution in [1.29, 1.82) is 0 Å². The lowest BCUT2D eigenvalue weighted by molar-refractivity contribution is -0.136. The van der Waals surface area contributed by atoms with Gasteiger partial charge in [-0.2, -0.15) is 13.2 Å². The second-order valence-electron chi connectivity index (χ2n) is 3.71. The molecule has 0 atom stereocenters. The SMILES string of the molecule is O=C(Nc1c(Cl)cccc1C(F)(F)F)c1sccc1Br. The molecule has 8 heteroatoms. The van der Waals surface area contributed by atoms with Crippen LogP contribution in [0.2, 0.25) is 5.02 Å². The maximum atomic E-state index is 12.9. The van der Waals surface area contributed by atoms with E-state index in [0.717, 1.165) is 17.4 Å². The van der Waals surface area contributed by atoms with Gasteiger partial charge in [0.15, 0.2) is 0 Å². The Morgan fingerprint density at radius 2 is 2.00 bits per heavy atom. The molecule has 0 aliphatic rings. The largest absolute Gasteiger partial charge is 0.418 e. The Morgan fingerprint density at radius 1 is 1.30 bits per heavy atom. The van der Waals surface area contributed by atoms with Crippen molar-refractivity contribution in [2.24, 2.45) is 0 Å². The summed E-state index contributed by atoms with van der Waals surface area (Å²) in [5, 5.41) is 3.70. The number of carbonyl (C=O) groups is 1. The number of hydrogen-bond acceptors (Lipinski definition) is 2. The molecule has 1 amide bonds. The molecule has 0 bridgehead atoms. The average molecular weight is 385 g/mol. The molecule has 2 rings (SSSR count). The van der Waals surface area contributed by atoms with E-state index < -0.39 is 23.3 Å².